The molecule has 1 heterocycles. The van der Waals surface area contributed by atoms with Crippen LogP contribution in [0.2, 0.25) is 0 Å². The molecule has 0 aromatic heterocycles. The molecule has 4 nitrogen and oxygen atoms in total. The van der Waals surface area contributed by atoms with Gasteiger partial charge in [-0.25, -0.2) is 0 Å². The summed E-state index contributed by atoms with van der Waals surface area (Å²) in [6.45, 7) is 2.66. The molecule has 1 fully saturated rings. The van der Waals surface area contributed by atoms with E-state index in [9.17, 15) is 4.79 Å². The Bertz CT molecular complexity index is 450. The molecule has 1 N–H and O–H groups in total. The molecule has 1 unspecified atom stereocenters. The molecule has 0 spiro atoms. The summed E-state index contributed by atoms with van der Waals surface area (Å²) in [7, 11) is 1.40. The highest BCUT2D eigenvalue weighted by atomic mass is 79.9. The minimum absolute atomic E-state index is 0.00831. The van der Waals surface area contributed by atoms with Gasteiger partial charge in [0.25, 0.3) is 0 Å². The SMILES string of the molecule is COC(=O)[C@@H]1CC(Oc2ccc(Br)cc2C)CN1. The lowest BCUT2D eigenvalue weighted by Gasteiger charge is -2.15. The number of nitrogens with one attached hydrogen (secondary N) is 1. The summed E-state index contributed by atoms with van der Waals surface area (Å²) in [5.41, 5.74) is 1.07. The molecule has 1 saturated heterocycles. The molecular weight excluding hydrogens is 298 g/mol. The Hall–Kier alpha value is -1.07. The monoisotopic (exact) mass is 313 g/mol. The van der Waals surface area contributed by atoms with Gasteiger partial charge in [-0.15, -0.1) is 0 Å². The number of hydrogen-bond donors (Lipinski definition) is 1. The third kappa shape index (κ3) is 3.03. The Morgan fingerprint density at radius 2 is 2.28 bits per heavy atom. The van der Waals surface area contributed by atoms with E-state index >= 15 is 0 Å². The van der Waals surface area contributed by atoms with Gasteiger partial charge in [-0.3, -0.25) is 4.79 Å². The van der Waals surface area contributed by atoms with E-state index in [0.29, 0.717) is 13.0 Å². The van der Waals surface area contributed by atoms with Gasteiger partial charge in [-0.05, 0) is 30.7 Å². The number of carbonyl (C=O) groups is 1. The predicted octanol–water partition coefficient (Wildman–Crippen LogP) is 2.04. The van der Waals surface area contributed by atoms with E-state index in [2.05, 4.69) is 21.2 Å². The molecule has 2 rings (SSSR count). The van der Waals surface area contributed by atoms with Crippen LogP contribution >= 0.6 is 15.9 Å². The van der Waals surface area contributed by atoms with Gasteiger partial charge in [-0.1, -0.05) is 15.9 Å². The van der Waals surface area contributed by atoms with E-state index in [1.54, 1.807) is 0 Å². The molecule has 0 radical (unpaired) electrons. The Labute approximate surface area is 115 Å². The molecule has 2 atom stereocenters. The lowest BCUT2D eigenvalue weighted by atomic mass is 10.2. The Kier molecular flexibility index (Phi) is 4.24. The maximum absolute atomic E-state index is 11.4. The highest BCUT2D eigenvalue weighted by Crippen LogP contribution is 2.25. The van der Waals surface area contributed by atoms with E-state index < -0.39 is 0 Å². The number of aryl methyl sites for hydroxylation is 1. The number of rotatable bonds is 3. The number of methoxy groups -OCH3 is 1. The first-order valence-electron chi connectivity index (χ1n) is 5.84. The molecule has 98 valence electrons. The second-order valence-corrected chi connectivity index (χ2v) is 5.29. The van der Waals surface area contributed by atoms with Crippen LogP contribution < -0.4 is 10.1 Å². The largest absolute Gasteiger partial charge is 0.489 e. The zero-order chi connectivity index (χ0) is 13.1. The first-order valence-corrected chi connectivity index (χ1v) is 6.63. The summed E-state index contributed by atoms with van der Waals surface area (Å²) in [6, 6.07) is 5.64. The average Bonchev–Trinajstić information content (AvgIpc) is 2.80. The van der Waals surface area contributed by atoms with Gasteiger partial charge in [0.1, 0.15) is 17.9 Å². The number of hydrogen-bond acceptors (Lipinski definition) is 4. The minimum atomic E-state index is -0.254. The standard InChI is InChI=1S/C13H16BrNO3/c1-8-5-9(14)3-4-12(8)18-10-6-11(15-7-10)13(16)17-2/h3-5,10-11,15H,6-7H2,1-2H3/t10?,11-/m0/s1. The molecule has 1 aromatic rings. The minimum Gasteiger partial charge on any atom is -0.489 e. The van der Waals surface area contributed by atoms with Crippen LogP contribution in [0.25, 0.3) is 0 Å². The molecule has 1 aromatic carbocycles. The zero-order valence-corrected chi connectivity index (χ0v) is 12.0. The summed E-state index contributed by atoms with van der Waals surface area (Å²) < 4.78 is 11.6. The molecule has 0 bridgehead atoms. The Morgan fingerprint density at radius 3 is 2.94 bits per heavy atom. The molecule has 1 aliphatic rings. The quantitative estimate of drug-likeness (QED) is 0.868. The van der Waals surface area contributed by atoms with Gasteiger partial charge in [0.15, 0.2) is 0 Å². The van der Waals surface area contributed by atoms with Crippen LogP contribution in [0.3, 0.4) is 0 Å². The highest BCUT2D eigenvalue weighted by molar-refractivity contribution is 9.10. The Balaban J connectivity index is 1.97. The number of halogens is 1. The summed E-state index contributed by atoms with van der Waals surface area (Å²) in [4.78, 5) is 11.4. The van der Waals surface area contributed by atoms with Crippen LogP contribution in [0, 0.1) is 6.92 Å². The first kappa shape index (κ1) is 13.4. The van der Waals surface area contributed by atoms with Gasteiger partial charge in [0.2, 0.25) is 0 Å². The summed E-state index contributed by atoms with van der Waals surface area (Å²) >= 11 is 3.42. The fraction of sp³-hybridized carbons (Fsp3) is 0.462. The summed E-state index contributed by atoms with van der Waals surface area (Å²) in [6.07, 6.45) is 0.649. The highest BCUT2D eigenvalue weighted by Gasteiger charge is 2.31. The van der Waals surface area contributed by atoms with Gasteiger partial charge < -0.3 is 14.8 Å². The summed E-state index contributed by atoms with van der Waals surface area (Å²) in [5.74, 6) is 0.629. The van der Waals surface area contributed by atoms with Crippen molar-refractivity contribution in [1.29, 1.82) is 0 Å². The first-order chi connectivity index (χ1) is 8.60. The number of carbonyl (C=O) groups excluding carboxylic acids is 1. The van der Waals surface area contributed by atoms with Crippen LogP contribution in [0.5, 0.6) is 5.75 Å². The maximum atomic E-state index is 11.4. The third-order valence-corrected chi connectivity index (χ3v) is 3.50. The van der Waals surface area contributed by atoms with Crippen LogP contribution in [-0.4, -0.2) is 31.8 Å². The van der Waals surface area contributed by atoms with Crippen molar-refractivity contribution < 1.29 is 14.3 Å². The van der Waals surface area contributed by atoms with Crippen molar-refractivity contribution in [3.63, 3.8) is 0 Å². The van der Waals surface area contributed by atoms with Crippen molar-refractivity contribution in [1.82, 2.24) is 5.32 Å². The molecule has 0 saturated carbocycles. The lowest BCUT2D eigenvalue weighted by molar-refractivity contribution is -0.142. The molecule has 1 aliphatic heterocycles. The fourth-order valence-corrected chi connectivity index (χ4v) is 2.52. The smallest absolute Gasteiger partial charge is 0.323 e. The van der Waals surface area contributed by atoms with Gasteiger partial charge >= 0.3 is 5.97 Å². The van der Waals surface area contributed by atoms with Crippen LogP contribution in [0.15, 0.2) is 22.7 Å². The van der Waals surface area contributed by atoms with Crippen molar-refractivity contribution in [2.45, 2.75) is 25.5 Å². The van der Waals surface area contributed by atoms with Crippen molar-refractivity contribution in [2.75, 3.05) is 13.7 Å². The van der Waals surface area contributed by atoms with Crippen LogP contribution in [-0.2, 0) is 9.53 Å². The second-order valence-electron chi connectivity index (χ2n) is 4.37. The number of ether oxygens (including phenoxy) is 2. The van der Waals surface area contributed by atoms with Crippen LogP contribution in [0.1, 0.15) is 12.0 Å². The molecular formula is C13H16BrNO3. The van der Waals surface area contributed by atoms with Crippen molar-refractivity contribution in [3.8, 4) is 5.75 Å². The topological polar surface area (TPSA) is 47.6 Å². The van der Waals surface area contributed by atoms with E-state index in [0.717, 1.165) is 15.8 Å². The lowest BCUT2D eigenvalue weighted by Crippen LogP contribution is -2.31. The Morgan fingerprint density at radius 1 is 1.50 bits per heavy atom. The van der Waals surface area contributed by atoms with Crippen molar-refractivity contribution >= 4 is 21.9 Å². The third-order valence-electron chi connectivity index (χ3n) is 3.01. The van der Waals surface area contributed by atoms with Crippen LogP contribution in [0.4, 0.5) is 0 Å². The predicted molar refractivity (Wildman–Crippen MR) is 71.7 cm³/mol. The van der Waals surface area contributed by atoms with Gasteiger partial charge in [-0.2, -0.15) is 0 Å². The van der Waals surface area contributed by atoms with Gasteiger partial charge in [0.05, 0.1) is 7.11 Å². The van der Waals surface area contributed by atoms with E-state index in [1.807, 2.05) is 25.1 Å². The van der Waals surface area contributed by atoms with E-state index in [4.69, 9.17) is 9.47 Å². The molecule has 0 aliphatic carbocycles. The normalized spacial score (nSPS) is 22.8. The number of esters is 1. The van der Waals surface area contributed by atoms with E-state index in [-0.39, 0.29) is 18.1 Å². The molecule has 0 amide bonds. The van der Waals surface area contributed by atoms with Crippen molar-refractivity contribution in [2.24, 2.45) is 0 Å². The fourth-order valence-electron chi connectivity index (χ4n) is 2.04. The van der Waals surface area contributed by atoms with E-state index in [1.165, 1.54) is 7.11 Å². The van der Waals surface area contributed by atoms with Crippen molar-refractivity contribution in [3.05, 3.63) is 28.2 Å². The van der Waals surface area contributed by atoms with Gasteiger partial charge in [0, 0.05) is 17.4 Å². The number of benzene rings is 1. The average molecular weight is 314 g/mol. The zero-order valence-electron chi connectivity index (χ0n) is 10.4. The molecule has 18 heavy (non-hydrogen) atoms. The maximum Gasteiger partial charge on any atom is 0.323 e. The second kappa shape index (κ2) is 5.71. The summed E-state index contributed by atoms with van der Waals surface area (Å²) in [5, 5.41) is 3.10. The molecule has 5 heteroatoms.